The molecule has 0 bridgehead atoms. The van der Waals surface area contributed by atoms with E-state index in [4.69, 9.17) is 17.0 Å². The van der Waals surface area contributed by atoms with Crippen molar-refractivity contribution in [2.45, 2.75) is 52.1 Å². The average molecular weight is 365 g/mol. The number of hydrogen-bond acceptors (Lipinski definition) is 2. The first kappa shape index (κ1) is 20.1. The number of quaternary nitrogens is 1. The maximum Gasteiger partial charge on any atom is 0.173 e. The molecule has 1 aliphatic rings. The number of para-hydroxylation sites is 1. The summed E-state index contributed by atoms with van der Waals surface area (Å²) in [4.78, 5) is 4.06. The van der Waals surface area contributed by atoms with Crippen molar-refractivity contribution in [2.24, 2.45) is 0 Å². The normalized spacial score (nSPS) is 20.5. The quantitative estimate of drug-likeness (QED) is 0.727. The molecule has 1 aromatic rings. The molecule has 5 heteroatoms. The maximum absolute atomic E-state index is 5.79. The molecule has 1 aliphatic heterocycles. The monoisotopic (exact) mass is 364 g/mol. The Bertz CT molecular complexity index is 541. The smallest absolute Gasteiger partial charge is 0.173 e. The number of rotatable bonds is 7. The Morgan fingerprint density at radius 2 is 2.00 bits per heavy atom. The highest BCUT2D eigenvalue weighted by Crippen LogP contribution is 2.18. The van der Waals surface area contributed by atoms with Crippen LogP contribution < -0.4 is 10.2 Å². The van der Waals surface area contributed by atoms with Crippen molar-refractivity contribution in [2.75, 3.05) is 38.7 Å². The highest BCUT2D eigenvalue weighted by molar-refractivity contribution is 7.80. The number of anilines is 1. The number of piperidine rings is 1. The number of likely N-dealkylation sites (tertiary alicyclic amines) is 1. The molecule has 25 heavy (non-hydrogen) atoms. The van der Waals surface area contributed by atoms with Crippen LogP contribution in [0.1, 0.15) is 39.2 Å². The second-order valence-electron chi connectivity index (χ2n) is 7.17. The first-order chi connectivity index (χ1) is 12.1. The Hall–Kier alpha value is -1.17. The SMILES string of the molecule is CCc1ccccc1NC(=S)N(CCOC)C1CC[NH+](C(C)C)CC1. The molecule has 140 valence electrons. The number of nitrogens with zero attached hydrogens (tertiary/aromatic N) is 1. The summed E-state index contributed by atoms with van der Waals surface area (Å²) in [5.41, 5.74) is 2.43. The van der Waals surface area contributed by atoms with Gasteiger partial charge in [-0.15, -0.1) is 0 Å². The topological polar surface area (TPSA) is 28.9 Å². The molecular weight excluding hydrogens is 330 g/mol. The summed E-state index contributed by atoms with van der Waals surface area (Å²) in [5.74, 6) is 0. The lowest BCUT2D eigenvalue weighted by molar-refractivity contribution is -0.926. The Kier molecular flexibility index (Phi) is 8.13. The van der Waals surface area contributed by atoms with Gasteiger partial charge in [0.05, 0.1) is 25.7 Å². The number of aryl methyl sites for hydroxylation is 1. The predicted molar refractivity (Wildman–Crippen MR) is 109 cm³/mol. The van der Waals surface area contributed by atoms with Crippen LogP contribution in [0.25, 0.3) is 0 Å². The van der Waals surface area contributed by atoms with Crippen molar-refractivity contribution in [3.05, 3.63) is 29.8 Å². The minimum atomic E-state index is 0.506. The van der Waals surface area contributed by atoms with E-state index in [1.165, 1.54) is 31.5 Å². The van der Waals surface area contributed by atoms with Crippen molar-refractivity contribution in [3.8, 4) is 0 Å². The summed E-state index contributed by atoms with van der Waals surface area (Å²) in [6.45, 7) is 10.8. The molecule has 0 atom stereocenters. The average Bonchev–Trinajstić information content (AvgIpc) is 2.63. The third-order valence-electron chi connectivity index (χ3n) is 5.29. The summed E-state index contributed by atoms with van der Waals surface area (Å²) in [7, 11) is 1.76. The fourth-order valence-corrected chi connectivity index (χ4v) is 3.99. The molecule has 0 amide bonds. The van der Waals surface area contributed by atoms with Gasteiger partial charge in [-0.25, -0.2) is 0 Å². The van der Waals surface area contributed by atoms with Crippen LogP contribution >= 0.6 is 12.2 Å². The van der Waals surface area contributed by atoms with E-state index in [1.807, 2.05) is 0 Å². The molecule has 0 aliphatic carbocycles. The lowest BCUT2D eigenvalue weighted by Gasteiger charge is -2.39. The van der Waals surface area contributed by atoms with Gasteiger partial charge in [-0.05, 0) is 44.1 Å². The van der Waals surface area contributed by atoms with Crippen LogP contribution in [0, 0.1) is 0 Å². The van der Waals surface area contributed by atoms with Gasteiger partial charge < -0.3 is 19.9 Å². The van der Waals surface area contributed by atoms with Crippen molar-refractivity contribution >= 4 is 23.0 Å². The molecule has 2 rings (SSSR count). The summed E-state index contributed by atoms with van der Waals surface area (Å²) in [6, 6.07) is 9.63. The van der Waals surface area contributed by atoms with Crippen molar-refractivity contribution in [1.29, 1.82) is 0 Å². The number of benzene rings is 1. The Morgan fingerprint density at radius 3 is 2.60 bits per heavy atom. The first-order valence-electron chi connectivity index (χ1n) is 9.55. The molecule has 0 spiro atoms. The number of nitrogens with one attached hydrogen (secondary N) is 2. The number of thiocarbonyl (C=S) groups is 1. The number of methoxy groups -OCH3 is 1. The molecule has 0 radical (unpaired) electrons. The van der Waals surface area contributed by atoms with Gasteiger partial charge in [0.2, 0.25) is 0 Å². The molecule has 0 unspecified atom stereocenters. The Morgan fingerprint density at radius 1 is 1.32 bits per heavy atom. The lowest BCUT2D eigenvalue weighted by atomic mass is 10.0. The van der Waals surface area contributed by atoms with Gasteiger partial charge in [0, 0.05) is 38.2 Å². The summed E-state index contributed by atoms with van der Waals surface area (Å²) in [6.07, 6.45) is 3.38. The van der Waals surface area contributed by atoms with E-state index in [2.05, 4.69) is 55.3 Å². The fourth-order valence-electron chi connectivity index (χ4n) is 3.64. The van der Waals surface area contributed by atoms with Gasteiger partial charge in [0.25, 0.3) is 0 Å². The van der Waals surface area contributed by atoms with Crippen molar-refractivity contribution in [3.63, 3.8) is 0 Å². The van der Waals surface area contributed by atoms with Gasteiger partial charge in [0.15, 0.2) is 5.11 Å². The van der Waals surface area contributed by atoms with Crippen LogP contribution in [0.3, 0.4) is 0 Å². The Labute approximate surface area is 158 Å². The predicted octanol–water partition coefficient (Wildman–Crippen LogP) is 2.35. The number of hydrogen-bond donors (Lipinski definition) is 2. The van der Waals surface area contributed by atoms with E-state index in [-0.39, 0.29) is 0 Å². The third kappa shape index (κ3) is 5.66. The van der Waals surface area contributed by atoms with Crippen LogP contribution in [0.4, 0.5) is 5.69 Å². The van der Waals surface area contributed by atoms with E-state index in [0.717, 1.165) is 23.8 Å². The first-order valence-corrected chi connectivity index (χ1v) is 9.96. The van der Waals surface area contributed by atoms with E-state index < -0.39 is 0 Å². The lowest BCUT2D eigenvalue weighted by Crippen LogP contribution is -3.16. The zero-order valence-electron chi connectivity index (χ0n) is 16.2. The molecular formula is C20H34N3OS+. The molecule has 2 N–H and O–H groups in total. The van der Waals surface area contributed by atoms with Crippen molar-refractivity contribution in [1.82, 2.24) is 4.90 Å². The van der Waals surface area contributed by atoms with Crippen LogP contribution in [-0.2, 0) is 11.2 Å². The van der Waals surface area contributed by atoms with E-state index in [9.17, 15) is 0 Å². The largest absolute Gasteiger partial charge is 0.383 e. The van der Waals surface area contributed by atoms with E-state index >= 15 is 0 Å². The minimum absolute atomic E-state index is 0.506. The van der Waals surface area contributed by atoms with Gasteiger partial charge in [-0.2, -0.15) is 0 Å². The van der Waals surface area contributed by atoms with Crippen LogP contribution in [0.2, 0.25) is 0 Å². The summed E-state index contributed by atoms with van der Waals surface area (Å²) < 4.78 is 5.33. The fraction of sp³-hybridized carbons (Fsp3) is 0.650. The minimum Gasteiger partial charge on any atom is -0.383 e. The van der Waals surface area contributed by atoms with E-state index in [1.54, 1.807) is 12.0 Å². The van der Waals surface area contributed by atoms with Gasteiger partial charge in [-0.3, -0.25) is 0 Å². The zero-order valence-corrected chi connectivity index (χ0v) is 17.0. The van der Waals surface area contributed by atoms with Crippen molar-refractivity contribution < 1.29 is 9.64 Å². The summed E-state index contributed by atoms with van der Waals surface area (Å²) >= 11 is 5.79. The molecule has 0 aromatic heterocycles. The highest BCUT2D eigenvalue weighted by Gasteiger charge is 2.29. The van der Waals surface area contributed by atoms with Gasteiger partial charge in [0.1, 0.15) is 0 Å². The second kappa shape index (κ2) is 10.1. The standard InChI is InChI=1S/C20H33N3OS/c1-5-17-8-6-7-9-19(17)21-20(25)23(14-15-24-4)18-10-12-22(13-11-18)16(2)3/h6-9,16,18H,5,10-15H2,1-4H3,(H,21,25)/p+1. The molecule has 1 aromatic carbocycles. The maximum atomic E-state index is 5.79. The van der Waals surface area contributed by atoms with Crippen LogP contribution in [-0.4, -0.2) is 55.4 Å². The molecule has 0 saturated carbocycles. The molecule has 1 saturated heterocycles. The molecule has 1 heterocycles. The van der Waals surface area contributed by atoms with Crippen LogP contribution in [0.15, 0.2) is 24.3 Å². The number of ether oxygens (including phenoxy) is 1. The molecule has 1 fully saturated rings. The van der Waals surface area contributed by atoms with E-state index in [0.29, 0.717) is 18.7 Å². The third-order valence-corrected chi connectivity index (χ3v) is 5.63. The summed E-state index contributed by atoms with van der Waals surface area (Å²) in [5, 5.41) is 4.33. The zero-order chi connectivity index (χ0) is 18.2. The second-order valence-corrected chi connectivity index (χ2v) is 7.56. The highest BCUT2D eigenvalue weighted by atomic mass is 32.1. The van der Waals surface area contributed by atoms with Gasteiger partial charge >= 0.3 is 0 Å². The Balaban J connectivity index is 2.04. The van der Waals surface area contributed by atoms with Crippen LogP contribution in [0.5, 0.6) is 0 Å². The van der Waals surface area contributed by atoms with Gasteiger partial charge in [-0.1, -0.05) is 25.1 Å². The molecule has 4 nitrogen and oxygen atoms in total.